The average Bonchev–Trinajstić information content (AvgIpc) is 2.65. The molecule has 0 amide bonds. The van der Waals surface area contributed by atoms with E-state index in [0.29, 0.717) is 18.8 Å². The quantitative estimate of drug-likeness (QED) is 0.112. The highest BCUT2D eigenvalue weighted by Gasteiger charge is 2.45. The number of carboxylic acids is 1. The summed E-state index contributed by atoms with van der Waals surface area (Å²) in [4.78, 5) is 22.8. The van der Waals surface area contributed by atoms with Gasteiger partial charge in [0.2, 0.25) is 0 Å². The fraction of sp³-hybridized carbons (Fsp3) is 0.923. The van der Waals surface area contributed by atoms with Crippen molar-refractivity contribution >= 4 is 28.3 Å². The maximum atomic E-state index is 11.9. The third-order valence-corrected chi connectivity index (χ3v) is 16.2. The van der Waals surface area contributed by atoms with Crippen molar-refractivity contribution in [2.75, 3.05) is 19.8 Å². The molecule has 0 saturated heterocycles. The van der Waals surface area contributed by atoms with Crippen LogP contribution in [0.1, 0.15) is 86.5 Å². The van der Waals surface area contributed by atoms with Crippen LogP contribution < -0.4 is 0 Å². The van der Waals surface area contributed by atoms with Gasteiger partial charge in [0.05, 0.1) is 27.5 Å². The summed E-state index contributed by atoms with van der Waals surface area (Å²) in [5, 5.41) is 8.89. The van der Waals surface area contributed by atoms with Crippen LogP contribution >= 0.6 is 0 Å². The minimum atomic E-state index is -1.87. The van der Waals surface area contributed by atoms with Crippen molar-refractivity contribution in [1.82, 2.24) is 0 Å². The van der Waals surface area contributed by atoms with Gasteiger partial charge in [0.1, 0.15) is 6.61 Å². The maximum Gasteiger partial charge on any atom is 0.306 e. The summed E-state index contributed by atoms with van der Waals surface area (Å²) in [5.41, 5.74) is -0.0272. The molecule has 6 nitrogen and oxygen atoms in total. The summed E-state index contributed by atoms with van der Waals surface area (Å²) >= 11 is 0. The van der Waals surface area contributed by atoms with Gasteiger partial charge in [-0.15, -0.1) is 0 Å². The lowest BCUT2D eigenvalue weighted by molar-refractivity contribution is -0.148. The Labute approximate surface area is 211 Å². The molecule has 202 valence electrons. The third kappa shape index (κ3) is 12.8. The molecule has 0 spiro atoms. The highest BCUT2D eigenvalue weighted by Crippen LogP contribution is 2.38. The number of carbonyl (C=O) groups is 2. The lowest BCUT2D eigenvalue weighted by atomic mass is 9.86. The lowest BCUT2D eigenvalue weighted by Crippen LogP contribution is -2.57. The van der Waals surface area contributed by atoms with Crippen molar-refractivity contribution in [3.63, 3.8) is 0 Å². The van der Waals surface area contributed by atoms with E-state index in [1.807, 2.05) is 0 Å². The molecule has 0 aliphatic rings. The Morgan fingerprint density at radius 3 is 2.06 bits per heavy atom. The molecule has 1 atom stereocenters. The maximum absolute atomic E-state index is 11.9. The zero-order valence-electron chi connectivity index (χ0n) is 23.8. The van der Waals surface area contributed by atoms with Crippen LogP contribution in [-0.2, 0) is 23.5 Å². The molecular weight excluding hydrogens is 464 g/mol. The van der Waals surface area contributed by atoms with Gasteiger partial charge in [-0.25, -0.2) is 0 Å². The molecule has 1 N–H and O–H groups in total. The average molecular weight is 519 g/mol. The van der Waals surface area contributed by atoms with Crippen LogP contribution in [0, 0.1) is 5.41 Å². The van der Waals surface area contributed by atoms with E-state index in [4.69, 9.17) is 19.0 Å². The number of rotatable bonds is 19. The molecule has 1 unspecified atom stereocenters. The first-order chi connectivity index (χ1) is 15.5. The molecule has 0 bridgehead atoms. The van der Waals surface area contributed by atoms with E-state index in [-0.39, 0.29) is 30.6 Å². The number of unbranched alkanes of at least 4 members (excludes halogenated alkanes) is 1. The summed E-state index contributed by atoms with van der Waals surface area (Å²) in [6, 6.07) is 1.31. The van der Waals surface area contributed by atoms with Crippen LogP contribution in [0.3, 0.4) is 0 Å². The van der Waals surface area contributed by atoms with Gasteiger partial charge in [-0.2, -0.15) is 0 Å². The number of ether oxygens (including phenoxy) is 2. The van der Waals surface area contributed by atoms with Crippen molar-refractivity contribution in [1.29, 1.82) is 0 Å². The molecule has 0 aromatic carbocycles. The standard InChI is InChI=1S/C26H54O6Si2/c1-11-13-19-33(7,8)26(5,6)32-34(9,10)22(12-2)15-14-16-30-17-18-31-24(29)21-25(3,4)20-23(27)28/h22H,11-21H2,1-10H3,(H,27,28). The molecule has 0 aliphatic heterocycles. The smallest absolute Gasteiger partial charge is 0.306 e. The second kappa shape index (κ2) is 14.8. The van der Waals surface area contributed by atoms with E-state index in [1.165, 1.54) is 18.9 Å². The Hall–Kier alpha value is -0.706. The Bertz CT molecular complexity index is 616. The number of hydrogen-bond acceptors (Lipinski definition) is 5. The van der Waals surface area contributed by atoms with Crippen LogP contribution in [-0.4, -0.2) is 58.5 Å². The first-order valence-corrected chi connectivity index (χ1v) is 19.3. The molecule has 0 aromatic heterocycles. The molecule has 0 aliphatic carbocycles. The predicted octanol–water partition coefficient (Wildman–Crippen LogP) is 7.05. The van der Waals surface area contributed by atoms with E-state index >= 15 is 0 Å². The van der Waals surface area contributed by atoms with Crippen molar-refractivity contribution < 1.29 is 28.6 Å². The summed E-state index contributed by atoms with van der Waals surface area (Å²) in [6.45, 7) is 23.6. The Balaban J connectivity index is 4.42. The summed E-state index contributed by atoms with van der Waals surface area (Å²) in [7, 11) is -3.36. The number of hydrogen-bond donors (Lipinski definition) is 1. The van der Waals surface area contributed by atoms with Gasteiger partial charge < -0.3 is 19.0 Å². The number of esters is 1. The van der Waals surface area contributed by atoms with E-state index in [2.05, 4.69) is 53.9 Å². The van der Waals surface area contributed by atoms with Crippen LogP contribution in [0.25, 0.3) is 0 Å². The Morgan fingerprint density at radius 2 is 1.53 bits per heavy atom. The highest BCUT2D eigenvalue weighted by atomic mass is 28.4. The van der Waals surface area contributed by atoms with E-state index in [9.17, 15) is 9.59 Å². The number of carboxylic acid groups (broad SMARTS) is 1. The predicted molar refractivity (Wildman–Crippen MR) is 146 cm³/mol. The van der Waals surface area contributed by atoms with Gasteiger partial charge in [0.15, 0.2) is 8.32 Å². The fourth-order valence-corrected chi connectivity index (χ4v) is 11.6. The largest absolute Gasteiger partial charge is 0.481 e. The van der Waals surface area contributed by atoms with E-state index in [0.717, 1.165) is 19.3 Å². The van der Waals surface area contributed by atoms with Crippen molar-refractivity contribution in [2.24, 2.45) is 5.41 Å². The lowest BCUT2D eigenvalue weighted by Gasteiger charge is -2.47. The van der Waals surface area contributed by atoms with Gasteiger partial charge >= 0.3 is 11.9 Å². The first-order valence-electron chi connectivity index (χ1n) is 13.1. The number of aliphatic carboxylic acids is 1. The second-order valence-electron chi connectivity index (χ2n) is 12.2. The van der Waals surface area contributed by atoms with E-state index in [1.54, 1.807) is 13.8 Å². The summed E-state index contributed by atoms with van der Waals surface area (Å²) < 4.78 is 17.9. The van der Waals surface area contributed by atoms with Gasteiger partial charge in [-0.05, 0) is 50.7 Å². The topological polar surface area (TPSA) is 82.1 Å². The summed E-state index contributed by atoms with van der Waals surface area (Å²) in [5.74, 6) is -1.28. The molecule has 0 rings (SSSR count). The van der Waals surface area contributed by atoms with Gasteiger partial charge in [0.25, 0.3) is 0 Å². The van der Waals surface area contributed by atoms with Gasteiger partial charge in [-0.3, -0.25) is 9.59 Å². The third-order valence-electron chi connectivity index (χ3n) is 7.36. The normalized spacial score (nSPS) is 14.2. The van der Waals surface area contributed by atoms with Crippen LogP contribution in [0.5, 0.6) is 0 Å². The van der Waals surface area contributed by atoms with Crippen molar-refractivity contribution in [3.8, 4) is 0 Å². The van der Waals surface area contributed by atoms with Crippen LogP contribution in [0.2, 0.25) is 37.8 Å². The molecular formula is C26H54O6Si2. The number of carbonyl (C=O) groups excluding carboxylic acids is 1. The Kier molecular flexibility index (Phi) is 14.5. The minimum absolute atomic E-state index is 0.0231. The molecule has 0 saturated carbocycles. The Morgan fingerprint density at radius 1 is 0.912 bits per heavy atom. The zero-order chi connectivity index (χ0) is 26.6. The van der Waals surface area contributed by atoms with Gasteiger partial charge in [0, 0.05) is 11.8 Å². The molecule has 8 heteroatoms. The zero-order valence-corrected chi connectivity index (χ0v) is 25.8. The van der Waals surface area contributed by atoms with Crippen LogP contribution in [0.4, 0.5) is 0 Å². The molecule has 34 heavy (non-hydrogen) atoms. The van der Waals surface area contributed by atoms with E-state index < -0.39 is 27.8 Å². The highest BCUT2D eigenvalue weighted by molar-refractivity contribution is 6.82. The SMILES string of the molecule is CCCC[Si](C)(C)C(C)(C)O[Si](C)(C)C(CC)CCCOCCOC(=O)CC(C)(C)CC(=O)O. The van der Waals surface area contributed by atoms with Crippen LogP contribution in [0.15, 0.2) is 0 Å². The molecule has 0 aromatic rings. The summed E-state index contributed by atoms with van der Waals surface area (Å²) in [6.07, 6.45) is 5.74. The molecule has 0 radical (unpaired) electrons. The van der Waals surface area contributed by atoms with Crippen molar-refractivity contribution in [3.05, 3.63) is 0 Å². The fourth-order valence-electron chi connectivity index (χ4n) is 4.50. The first kappa shape index (κ1) is 33.3. The van der Waals surface area contributed by atoms with Gasteiger partial charge in [-0.1, -0.05) is 66.1 Å². The second-order valence-corrected chi connectivity index (χ2v) is 21.9. The minimum Gasteiger partial charge on any atom is -0.481 e. The molecule has 0 heterocycles. The van der Waals surface area contributed by atoms with Crippen molar-refractivity contribution in [2.45, 2.75) is 129 Å². The molecule has 0 fully saturated rings. The monoisotopic (exact) mass is 518 g/mol.